The maximum atomic E-state index is 11.5. The topological polar surface area (TPSA) is 54.0 Å². The first kappa shape index (κ1) is 13.4. The molecule has 0 unspecified atom stereocenters. The van der Waals surface area contributed by atoms with Gasteiger partial charge < -0.3 is 10.6 Å². The number of pyridine rings is 1. The number of halogens is 2. The molecule has 0 spiro atoms. The van der Waals surface area contributed by atoms with Crippen LogP contribution < -0.4 is 10.6 Å². The summed E-state index contributed by atoms with van der Waals surface area (Å²) < 4.78 is 0. The highest BCUT2D eigenvalue weighted by molar-refractivity contribution is 6.35. The van der Waals surface area contributed by atoms with E-state index in [1.165, 1.54) is 6.20 Å². The SMILES string of the molecule is C[C@@H]1C[C@H]1C(=O)NCCNc1ncc(Cl)cc1Cl. The minimum Gasteiger partial charge on any atom is -0.367 e. The van der Waals surface area contributed by atoms with E-state index in [4.69, 9.17) is 23.2 Å². The molecule has 1 aliphatic carbocycles. The zero-order valence-electron chi connectivity index (χ0n) is 10.0. The quantitative estimate of drug-likeness (QED) is 0.819. The second-order valence-corrected chi connectivity index (χ2v) is 5.36. The highest BCUT2D eigenvalue weighted by Crippen LogP contribution is 2.37. The van der Waals surface area contributed by atoms with Crippen molar-refractivity contribution in [3.05, 3.63) is 22.3 Å². The minimum absolute atomic E-state index is 0.138. The van der Waals surface area contributed by atoms with Gasteiger partial charge in [0, 0.05) is 25.2 Å². The Morgan fingerprint density at radius 2 is 2.22 bits per heavy atom. The third-order valence-corrected chi connectivity index (χ3v) is 3.47. The lowest BCUT2D eigenvalue weighted by molar-refractivity contribution is -0.122. The Hall–Kier alpha value is -1.000. The van der Waals surface area contributed by atoms with E-state index in [0.717, 1.165) is 6.42 Å². The number of carbonyl (C=O) groups is 1. The summed E-state index contributed by atoms with van der Waals surface area (Å²) in [6, 6.07) is 1.63. The lowest BCUT2D eigenvalue weighted by Gasteiger charge is -2.08. The first-order valence-electron chi connectivity index (χ1n) is 5.90. The van der Waals surface area contributed by atoms with Crippen LogP contribution in [0.5, 0.6) is 0 Å². The van der Waals surface area contributed by atoms with Crippen LogP contribution in [0.3, 0.4) is 0 Å². The van der Waals surface area contributed by atoms with Crippen LogP contribution in [-0.4, -0.2) is 24.0 Å². The lowest BCUT2D eigenvalue weighted by atomic mass is 10.3. The van der Waals surface area contributed by atoms with E-state index in [1.54, 1.807) is 6.07 Å². The van der Waals surface area contributed by atoms with Crippen molar-refractivity contribution in [3.63, 3.8) is 0 Å². The Morgan fingerprint density at radius 3 is 2.83 bits per heavy atom. The van der Waals surface area contributed by atoms with Gasteiger partial charge in [-0.3, -0.25) is 4.79 Å². The van der Waals surface area contributed by atoms with E-state index in [1.807, 2.05) is 0 Å². The molecule has 0 saturated heterocycles. The number of rotatable bonds is 5. The summed E-state index contributed by atoms with van der Waals surface area (Å²) in [5.74, 6) is 1.46. The molecule has 2 N–H and O–H groups in total. The second kappa shape index (κ2) is 5.76. The van der Waals surface area contributed by atoms with E-state index in [9.17, 15) is 4.79 Å². The Bertz CT molecular complexity index is 453. The van der Waals surface area contributed by atoms with Crippen LogP contribution in [0.2, 0.25) is 10.0 Å². The van der Waals surface area contributed by atoms with Gasteiger partial charge >= 0.3 is 0 Å². The van der Waals surface area contributed by atoms with Crippen molar-refractivity contribution in [3.8, 4) is 0 Å². The predicted molar refractivity (Wildman–Crippen MR) is 73.0 cm³/mol. The van der Waals surface area contributed by atoms with Crippen molar-refractivity contribution < 1.29 is 4.79 Å². The van der Waals surface area contributed by atoms with Crippen LogP contribution in [0.4, 0.5) is 5.82 Å². The van der Waals surface area contributed by atoms with Crippen molar-refractivity contribution in [1.82, 2.24) is 10.3 Å². The number of nitrogens with zero attached hydrogens (tertiary/aromatic N) is 1. The van der Waals surface area contributed by atoms with Gasteiger partial charge in [-0.15, -0.1) is 0 Å². The summed E-state index contributed by atoms with van der Waals surface area (Å²) in [4.78, 5) is 15.6. The monoisotopic (exact) mass is 287 g/mol. The summed E-state index contributed by atoms with van der Waals surface area (Å²) in [5.41, 5.74) is 0. The Morgan fingerprint density at radius 1 is 1.50 bits per heavy atom. The van der Waals surface area contributed by atoms with E-state index in [-0.39, 0.29) is 11.8 Å². The number of aromatic nitrogens is 1. The van der Waals surface area contributed by atoms with E-state index in [0.29, 0.717) is 34.9 Å². The molecule has 0 aliphatic heterocycles. The number of nitrogens with one attached hydrogen (secondary N) is 2. The van der Waals surface area contributed by atoms with E-state index < -0.39 is 0 Å². The molecule has 1 aromatic heterocycles. The number of anilines is 1. The molecular formula is C12H15Cl2N3O. The standard InChI is InChI=1S/C12H15Cl2N3O/c1-7-4-9(7)12(18)16-3-2-15-11-10(14)5-8(13)6-17-11/h5-7,9H,2-4H2,1H3,(H,15,17)(H,16,18)/t7-,9-/m1/s1. The van der Waals surface area contributed by atoms with Gasteiger partial charge in [0.25, 0.3) is 0 Å². The average Bonchev–Trinajstić information content (AvgIpc) is 3.04. The molecule has 1 amide bonds. The first-order valence-corrected chi connectivity index (χ1v) is 6.66. The van der Waals surface area contributed by atoms with Crippen LogP contribution in [0.15, 0.2) is 12.3 Å². The number of carbonyl (C=O) groups excluding carboxylic acids is 1. The third-order valence-electron chi connectivity index (χ3n) is 2.97. The molecule has 2 rings (SSSR count). The van der Waals surface area contributed by atoms with Crippen LogP contribution >= 0.6 is 23.2 Å². The van der Waals surface area contributed by atoms with E-state index >= 15 is 0 Å². The molecule has 0 radical (unpaired) electrons. The van der Waals surface area contributed by atoms with Crippen molar-refractivity contribution in [2.45, 2.75) is 13.3 Å². The fourth-order valence-corrected chi connectivity index (χ4v) is 2.18. The van der Waals surface area contributed by atoms with Crippen molar-refractivity contribution in [1.29, 1.82) is 0 Å². The summed E-state index contributed by atoms with van der Waals surface area (Å²) in [5, 5.41) is 6.91. The van der Waals surface area contributed by atoms with Gasteiger partial charge in [-0.05, 0) is 18.4 Å². The molecule has 1 saturated carbocycles. The largest absolute Gasteiger partial charge is 0.367 e. The van der Waals surface area contributed by atoms with Gasteiger partial charge in [0.2, 0.25) is 5.91 Å². The summed E-state index contributed by atoms with van der Waals surface area (Å²) >= 11 is 11.7. The van der Waals surface area contributed by atoms with Crippen molar-refractivity contribution in [2.75, 3.05) is 18.4 Å². The van der Waals surface area contributed by atoms with Crippen molar-refractivity contribution >= 4 is 34.9 Å². The molecule has 2 atom stereocenters. The molecule has 98 valence electrons. The van der Waals surface area contributed by atoms with Crippen molar-refractivity contribution in [2.24, 2.45) is 11.8 Å². The van der Waals surface area contributed by atoms with Gasteiger partial charge in [0.1, 0.15) is 5.82 Å². The normalized spacial score (nSPS) is 21.5. The number of hydrogen-bond acceptors (Lipinski definition) is 3. The van der Waals surface area contributed by atoms with Gasteiger partial charge in [0.15, 0.2) is 0 Å². The molecule has 1 aromatic rings. The molecule has 1 aliphatic rings. The first-order chi connectivity index (χ1) is 8.58. The molecule has 1 heterocycles. The number of hydrogen-bond donors (Lipinski definition) is 2. The third kappa shape index (κ3) is 3.50. The molecule has 4 nitrogen and oxygen atoms in total. The van der Waals surface area contributed by atoms with Crippen LogP contribution in [0, 0.1) is 11.8 Å². The fraction of sp³-hybridized carbons (Fsp3) is 0.500. The Balaban J connectivity index is 1.70. The number of amides is 1. The molecule has 6 heteroatoms. The fourth-order valence-electron chi connectivity index (χ4n) is 1.73. The summed E-state index contributed by atoms with van der Waals surface area (Å²) in [7, 11) is 0. The molecule has 18 heavy (non-hydrogen) atoms. The minimum atomic E-state index is 0.138. The van der Waals surface area contributed by atoms with Crippen LogP contribution in [0.1, 0.15) is 13.3 Å². The lowest BCUT2D eigenvalue weighted by Crippen LogP contribution is -2.30. The zero-order valence-corrected chi connectivity index (χ0v) is 11.6. The molecule has 0 aromatic carbocycles. The van der Waals surface area contributed by atoms with Gasteiger partial charge in [-0.2, -0.15) is 0 Å². The van der Waals surface area contributed by atoms with E-state index in [2.05, 4.69) is 22.5 Å². The maximum Gasteiger partial charge on any atom is 0.223 e. The highest BCUT2D eigenvalue weighted by atomic mass is 35.5. The average molecular weight is 288 g/mol. The zero-order chi connectivity index (χ0) is 13.1. The second-order valence-electron chi connectivity index (χ2n) is 4.52. The van der Waals surface area contributed by atoms with Gasteiger partial charge in [0.05, 0.1) is 10.0 Å². The smallest absolute Gasteiger partial charge is 0.223 e. The summed E-state index contributed by atoms with van der Waals surface area (Å²) in [6.45, 7) is 3.23. The Labute approximate surface area is 116 Å². The van der Waals surface area contributed by atoms with Gasteiger partial charge in [-0.1, -0.05) is 30.1 Å². The molecule has 1 fully saturated rings. The Kier molecular flexibility index (Phi) is 4.30. The molecule has 0 bridgehead atoms. The van der Waals surface area contributed by atoms with Crippen LogP contribution in [0.25, 0.3) is 0 Å². The predicted octanol–water partition coefficient (Wildman–Crippen LogP) is 2.57. The van der Waals surface area contributed by atoms with Gasteiger partial charge in [-0.25, -0.2) is 4.98 Å². The highest BCUT2D eigenvalue weighted by Gasteiger charge is 2.38. The maximum absolute atomic E-state index is 11.5. The summed E-state index contributed by atoms with van der Waals surface area (Å²) in [6.07, 6.45) is 2.53. The van der Waals surface area contributed by atoms with Crippen LogP contribution in [-0.2, 0) is 4.79 Å². The molecular weight excluding hydrogens is 273 g/mol.